The Morgan fingerprint density at radius 3 is 2.48 bits per heavy atom. The highest BCUT2D eigenvalue weighted by Gasteiger charge is 2.11. The van der Waals surface area contributed by atoms with E-state index < -0.39 is 0 Å². The van der Waals surface area contributed by atoms with Gasteiger partial charge in [0.15, 0.2) is 0 Å². The van der Waals surface area contributed by atoms with Crippen LogP contribution >= 0.6 is 0 Å². The lowest BCUT2D eigenvalue weighted by Crippen LogP contribution is -2.09. The van der Waals surface area contributed by atoms with Gasteiger partial charge in [0.1, 0.15) is 11.6 Å². The fourth-order valence-corrected chi connectivity index (χ4v) is 3.34. The second-order valence-corrected chi connectivity index (χ2v) is 7.01. The molecule has 0 amide bonds. The fraction of sp³-hybridized carbons (Fsp3) is 0.160. The number of nitrogens with zero attached hydrogens (tertiary/aromatic N) is 3. The first-order valence-corrected chi connectivity index (χ1v) is 10.2. The van der Waals surface area contributed by atoms with Crippen LogP contribution < -0.4 is 15.4 Å². The number of pyridine rings is 1. The SMILES string of the molecule is CNc1nc(NCCc2ccccc2)ncc1-c1cccc(-c2cccc(OC)c2)n1. The van der Waals surface area contributed by atoms with E-state index in [4.69, 9.17) is 9.72 Å². The Labute approximate surface area is 182 Å². The molecule has 2 heterocycles. The molecular formula is C25H25N5O. The van der Waals surface area contributed by atoms with Gasteiger partial charge in [-0.05, 0) is 36.2 Å². The molecule has 2 aromatic heterocycles. The van der Waals surface area contributed by atoms with Crippen molar-refractivity contribution in [2.45, 2.75) is 6.42 Å². The Kier molecular flexibility index (Phi) is 6.38. The summed E-state index contributed by atoms with van der Waals surface area (Å²) in [6, 6.07) is 24.2. The van der Waals surface area contributed by atoms with E-state index in [1.54, 1.807) is 13.3 Å². The van der Waals surface area contributed by atoms with Gasteiger partial charge < -0.3 is 15.4 Å². The molecule has 0 bridgehead atoms. The highest BCUT2D eigenvalue weighted by Crippen LogP contribution is 2.28. The van der Waals surface area contributed by atoms with Crippen molar-refractivity contribution in [3.8, 4) is 28.3 Å². The van der Waals surface area contributed by atoms with Crippen molar-refractivity contribution in [2.24, 2.45) is 0 Å². The summed E-state index contributed by atoms with van der Waals surface area (Å²) < 4.78 is 5.34. The summed E-state index contributed by atoms with van der Waals surface area (Å²) in [6.07, 6.45) is 2.71. The molecule has 6 nitrogen and oxygen atoms in total. The number of methoxy groups -OCH3 is 1. The average Bonchev–Trinajstić information content (AvgIpc) is 2.84. The molecule has 0 fully saturated rings. The molecule has 0 radical (unpaired) electrons. The first-order chi connectivity index (χ1) is 15.3. The highest BCUT2D eigenvalue weighted by molar-refractivity contribution is 5.74. The Bertz CT molecular complexity index is 1150. The Morgan fingerprint density at radius 2 is 1.68 bits per heavy atom. The molecule has 4 aromatic rings. The average molecular weight is 412 g/mol. The monoisotopic (exact) mass is 411 g/mol. The normalized spacial score (nSPS) is 10.5. The molecule has 4 rings (SSSR count). The molecule has 0 saturated heterocycles. The van der Waals surface area contributed by atoms with Crippen LogP contribution in [0.4, 0.5) is 11.8 Å². The molecule has 0 spiro atoms. The molecule has 0 aliphatic carbocycles. The van der Waals surface area contributed by atoms with Crippen LogP contribution in [-0.2, 0) is 6.42 Å². The second-order valence-electron chi connectivity index (χ2n) is 7.01. The first kappa shape index (κ1) is 20.3. The fourth-order valence-electron chi connectivity index (χ4n) is 3.34. The van der Waals surface area contributed by atoms with Crippen LogP contribution in [-0.4, -0.2) is 35.7 Å². The van der Waals surface area contributed by atoms with Gasteiger partial charge in [-0.15, -0.1) is 0 Å². The van der Waals surface area contributed by atoms with E-state index in [1.165, 1.54) is 5.56 Å². The summed E-state index contributed by atoms with van der Waals surface area (Å²) in [6.45, 7) is 0.760. The van der Waals surface area contributed by atoms with E-state index in [1.807, 2.05) is 67.7 Å². The van der Waals surface area contributed by atoms with Gasteiger partial charge in [-0.1, -0.05) is 48.5 Å². The summed E-state index contributed by atoms with van der Waals surface area (Å²) in [5.41, 5.74) is 4.79. The molecule has 0 aliphatic heterocycles. The van der Waals surface area contributed by atoms with E-state index >= 15 is 0 Å². The van der Waals surface area contributed by atoms with Crippen LogP contribution in [0.3, 0.4) is 0 Å². The Morgan fingerprint density at radius 1 is 0.871 bits per heavy atom. The number of hydrogen-bond donors (Lipinski definition) is 2. The predicted molar refractivity (Wildman–Crippen MR) is 125 cm³/mol. The Balaban J connectivity index is 1.54. The molecule has 2 N–H and O–H groups in total. The molecule has 0 saturated carbocycles. The number of aromatic nitrogens is 3. The van der Waals surface area contributed by atoms with Gasteiger partial charge in [0.05, 0.1) is 24.1 Å². The highest BCUT2D eigenvalue weighted by atomic mass is 16.5. The number of benzene rings is 2. The summed E-state index contributed by atoms with van der Waals surface area (Å²) >= 11 is 0. The molecule has 0 unspecified atom stereocenters. The zero-order valence-corrected chi connectivity index (χ0v) is 17.7. The number of rotatable bonds is 8. The maximum atomic E-state index is 5.34. The van der Waals surface area contributed by atoms with Gasteiger partial charge >= 0.3 is 0 Å². The lowest BCUT2D eigenvalue weighted by atomic mass is 10.1. The third-order valence-electron chi connectivity index (χ3n) is 4.96. The van der Waals surface area contributed by atoms with Crippen molar-refractivity contribution in [1.82, 2.24) is 15.0 Å². The molecule has 6 heteroatoms. The first-order valence-electron chi connectivity index (χ1n) is 10.2. The largest absolute Gasteiger partial charge is 0.497 e. The van der Waals surface area contributed by atoms with E-state index in [0.29, 0.717) is 5.95 Å². The zero-order chi connectivity index (χ0) is 21.5. The van der Waals surface area contributed by atoms with E-state index in [2.05, 4.69) is 32.7 Å². The molecule has 31 heavy (non-hydrogen) atoms. The predicted octanol–water partition coefficient (Wildman–Crippen LogP) is 4.91. The summed E-state index contributed by atoms with van der Waals surface area (Å²) in [5, 5.41) is 6.47. The maximum Gasteiger partial charge on any atom is 0.224 e. The van der Waals surface area contributed by atoms with Crippen LogP contribution in [0.2, 0.25) is 0 Å². The third kappa shape index (κ3) is 4.98. The van der Waals surface area contributed by atoms with E-state index in [9.17, 15) is 0 Å². The molecular weight excluding hydrogens is 386 g/mol. The van der Waals surface area contributed by atoms with E-state index in [0.717, 1.165) is 47.0 Å². The van der Waals surface area contributed by atoms with Crippen molar-refractivity contribution in [3.63, 3.8) is 0 Å². The minimum atomic E-state index is 0.591. The molecule has 0 atom stereocenters. The minimum absolute atomic E-state index is 0.591. The molecule has 0 aliphatic rings. The lowest BCUT2D eigenvalue weighted by molar-refractivity contribution is 0.415. The standard InChI is InChI=1S/C25H25N5O/c1-26-24-21(17-28-25(30-24)27-15-14-18-8-4-3-5-9-18)23-13-7-12-22(29-23)19-10-6-11-20(16-19)31-2/h3-13,16-17H,14-15H2,1-2H3,(H2,26,27,28,30). The third-order valence-corrected chi connectivity index (χ3v) is 4.96. The van der Waals surface area contributed by atoms with Crippen LogP contribution in [0.25, 0.3) is 22.5 Å². The van der Waals surface area contributed by atoms with Crippen molar-refractivity contribution < 1.29 is 4.74 Å². The van der Waals surface area contributed by atoms with Crippen molar-refractivity contribution in [3.05, 3.63) is 84.6 Å². The quantitative estimate of drug-likeness (QED) is 0.429. The molecule has 156 valence electrons. The van der Waals surface area contributed by atoms with Crippen molar-refractivity contribution in [2.75, 3.05) is 31.3 Å². The van der Waals surface area contributed by atoms with Gasteiger partial charge in [-0.2, -0.15) is 4.98 Å². The summed E-state index contributed by atoms with van der Waals surface area (Å²) in [7, 11) is 3.51. The van der Waals surface area contributed by atoms with Gasteiger partial charge in [0, 0.05) is 25.4 Å². The number of anilines is 2. The molecule has 2 aromatic carbocycles. The van der Waals surface area contributed by atoms with Gasteiger partial charge in [0.25, 0.3) is 0 Å². The van der Waals surface area contributed by atoms with Crippen LogP contribution in [0, 0.1) is 0 Å². The van der Waals surface area contributed by atoms with Gasteiger partial charge in [0.2, 0.25) is 5.95 Å². The number of ether oxygens (including phenoxy) is 1. The van der Waals surface area contributed by atoms with Crippen molar-refractivity contribution >= 4 is 11.8 Å². The summed E-state index contributed by atoms with van der Waals surface area (Å²) in [5.74, 6) is 2.12. The van der Waals surface area contributed by atoms with Crippen LogP contribution in [0.5, 0.6) is 5.75 Å². The number of nitrogens with one attached hydrogen (secondary N) is 2. The van der Waals surface area contributed by atoms with Gasteiger partial charge in [-0.3, -0.25) is 0 Å². The summed E-state index contributed by atoms with van der Waals surface area (Å²) in [4.78, 5) is 14.0. The second kappa shape index (κ2) is 9.71. The van der Waals surface area contributed by atoms with Crippen LogP contribution in [0.15, 0.2) is 79.0 Å². The Hall–Kier alpha value is -3.93. The maximum absolute atomic E-state index is 5.34. The lowest BCUT2D eigenvalue weighted by Gasteiger charge is -2.12. The van der Waals surface area contributed by atoms with Crippen LogP contribution in [0.1, 0.15) is 5.56 Å². The smallest absolute Gasteiger partial charge is 0.224 e. The zero-order valence-electron chi connectivity index (χ0n) is 17.7. The minimum Gasteiger partial charge on any atom is -0.497 e. The van der Waals surface area contributed by atoms with Crippen molar-refractivity contribution in [1.29, 1.82) is 0 Å². The topological polar surface area (TPSA) is 72.0 Å². The van der Waals surface area contributed by atoms with Gasteiger partial charge in [-0.25, -0.2) is 9.97 Å². The number of hydrogen-bond acceptors (Lipinski definition) is 6. The van der Waals surface area contributed by atoms with E-state index in [-0.39, 0.29) is 0 Å².